The smallest absolute Gasteiger partial charge is 0.315 e. The fourth-order valence-corrected chi connectivity index (χ4v) is 2.46. The van der Waals surface area contributed by atoms with E-state index in [2.05, 4.69) is 27.8 Å². The molecule has 0 aliphatic rings. The zero-order valence-corrected chi connectivity index (χ0v) is 12.3. The SMILES string of the molecule is O=C(NCCCc1c[nH]c2ccccc12)NCc1ccoc1. The lowest BCUT2D eigenvalue weighted by Gasteiger charge is -2.06. The van der Waals surface area contributed by atoms with Gasteiger partial charge in [0.1, 0.15) is 0 Å². The third kappa shape index (κ3) is 3.49. The van der Waals surface area contributed by atoms with Crippen molar-refractivity contribution >= 4 is 16.9 Å². The van der Waals surface area contributed by atoms with Gasteiger partial charge in [0, 0.05) is 35.8 Å². The Morgan fingerprint density at radius 3 is 2.95 bits per heavy atom. The number of H-pyrrole nitrogens is 1. The van der Waals surface area contributed by atoms with Crippen molar-refractivity contribution < 1.29 is 9.21 Å². The van der Waals surface area contributed by atoms with Crippen molar-refractivity contribution in [1.29, 1.82) is 0 Å². The van der Waals surface area contributed by atoms with Crippen molar-refractivity contribution in [1.82, 2.24) is 15.6 Å². The van der Waals surface area contributed by atoms with Gasteiger partial charge in [0.2, 0.25) is 0 Å². The number of furan rings is 1. The molecule has 2 heterocycles. The number of aromatic nitrogens is 1. The van der Waals surface area contributed by atoms with Crippen LogP contribution in [0.3, 0.4) is 0 Å². The van der Waals surface area contributed by atoms with Crippen molar-refractivity contribution in [2.45, 2.75) is 19.4 Å². The van der Waals surface area contributed by atoms with Crippen molar-refractivity contribution in [3.05, 3.63) is 60.2 Å². The maximum Gasteiger partial charge on any atom is 0.315 e. The van der Waals surface area contributed by atoms with Crippen LogP contribution in [0.15, 0.2) is 53.5 Å². The van der Waals surface area contributed by atoms with Crippen LogP contribution in [0.4, 0.5) is 4.79 Å². The average molecular weight is 297 g/mol. The third-order valence-corrected chi connectivity index (χ3v) is 3.62. The van der Waals surface area contributed by atoms with E-state index in [0.29, 0.717) is 13.1 Å². The zero-order chi connectivity index (χ0) is 15.2. The highest BCUT2D eigenvalue weighted by atomic mass is 16.3. The molecule has 3 aromatic rings. The zero-order valence-electron chi connectivity index (χ0n) is 12.3. The van der Waals surface area contributed by atoms with Crippen LogP contribution in [0.5, 0.6) is 0 Å². The number of amides is 2. The largest absolute Gasteiger partial charge is 0.472 e. The van der Waals surface area contributed by atoms with Gasteiger partial charge in [-0.05, 0) is 30.5 Å². The summed E-state index contributed by atoms with van der Waals surface area (Å²) in [6, 6.07) is 9.93. The lowest BCUT2D eigenvalue weighted by molar-refractivity contribution is 0.240. The summed E-state index contributed by atoms with van der Waals surface area (Å²) in [4.78, 5) is 14.9. The van der Waals surface area contributed by atoms with Crippen LogP contribution in [0.25, 0.3) is 10.9 Å². The minimum absolute atomic E-state index is 0.153. The second-order valence-corrected chi connectivity index (χ2v) is 5.20. The van der Waals surface area contributed by atoms with E-state index < -0.39 is 0 Å². The molecule has 2 aromatic heterocycles. The van der Waals surface area contributed by atoms with Crippen LogP contribution in [0, 0.1) is 0 Å². The van der Waals surface area contributed by atoms with Gasteiger partial charge >= 0.3 is 6.03 Å². The first kappa shape index (κ1) is 14.3. The summed E-state index contributed by atoms with van der Waals surface area (Å²) in [6.07, 6.45) is 7.10. The monoisotopic (exact) mass is 297 g/mol. The number of rotatable bonds is 6. The van der Waals surface area contributed by atoms with Crippen LogP contribution in [-0.2, 0) is 13.0 Å². The van der Waals surface area contributed by atoms with Crippen LogP contribution in [-0.4, -0.2) is 17.6 Å². The number of fused-ring (bicyclic) bond motifs is 1. The summed E-state index contributed by atoms with van der Waals surface area (Å²) < 4.78 is 4.95. The van der Waals surface area contributed by atoms with Crippen LogP contribution in [0.2, 0.25) is 0 Å². The maximum atomic E-state index is 11.7. The molecule has 3 N–H and O–H groups in total. The fraction of sp³-hybridized carbons (Fsp3) is 0.235. The number of aryl methyl sites for hydroxylation is 1. The predicted molar refractivity (Wildman–Crippen MR) is 85.6 cm³/mol. The molecule has 3 rings (SSSR count). The molecule has 0 aliphatic heterocycles. The van der Waals surface area contributed by atoms with E-state index in [0.717, 1.165) is 23.9 Å². The first-order chi connectivity index (χ1) is 10.8. The predicted octanol–water partition coefficient (Wildman–Crippen LogP) is 3.19. The summed E-state index contributed by atoms with van der Waals surface area (Å²) in [6.45, 7) is 1.13. The number of benzene rings is 1. The quantitative estimate of drug-likeness (QED) is 0.611. The Balaban J connectivity index is 1.39. The Morgan fingerprint density at radius 1 is 1.18 bits per heavy atom. The van der Waals surface area contributed by atoms with Crippen molar-refractivity contribution in [3.8, 4) is 0 Å². The van der Waals surface area contributed by atoms with Gasteiger partial charge in [-0.25, -0.2) is 4.79 Å². The van der Waals surface area contributed by atoms with E-state index in [1.807, 2.05) is 24.4 Å². The molecular weight excluding hydrogens is 278 g/mol. The highest BCUT2D eigenvalue weighted by molar-refractivity contribution is 5.83. The van der Waals surface area contributed by atoms with E-state index in [-0.39, 0.29) is 6.03 Å². The van der Waals surface area contributed by atoms with Crippen molar-refractivity contribution in [2.75, 3.05) is 6.54 Å². The molecule has 0 spiro atoms. The molecule has 0 atom stereocenters. The number of nitrogens with one attached hydrogen (secondary N) is 3. The van der Waals surface area contributed by atoms with Gasteiger partial charge in [-0.15, -0.1) is 0 Å². The third-order valence-electron chi connectivity index (χ3n) is 3.62. The molecule has 0 bridgehead atoms. The lowest BCUT2D eigenvalue weighted by atomic mass is 10.1. The maximum absolute atomic E-state index is 11.7. The van der Waals surface area contributed by atoms with Gasteiger partial charge in [-0.3, -0.25) is 0 Å². The van der Waals surface area contributed by atoms with Crippen LogP contribution in [0.1, 0.15) is 17.5 Å². The van der Waals surface area contributed by atoms with Gasteiger partial charge in [-0.2, -0.15) is 0 Å². The van der Waals surface area contributed by atoms with Crippen molar-refractivity contribution in [2.24, 2.45) is 0 Å². The number of carbonyl (C=O) groups excluding carboxylic acids is 1. The molecule has 0 aliphatic carbocycles. The average Bonchev–Trinajstić information content (AvgIpc) is 3.19. The summed E-state index contributed by atoms with van der Waals surface area (Å²) in [5, 5.41) is 6.91. The van der Waals surface area contributed by atoms with Gasteiger partial charge in [0.15, 0.2) is 0 Å². The molecule has 5 heteroatoms. The Labute approximate surface area is 128 Å². The number of hydrogen-bond donors (Lipinski definition) is 3. The first-order valence-electron chi connectivity index (χ1n) is 7.41. The molecule has 22 heavy (non-hydrogen) atoms. The molecule has 2 amide bonds. The molecule has 0 unspecified atom stereocenters. The van der Waals surface area contributed by atoms with Gasteiger partial charge in [-0.1, -0.05) is 18.2 Å². The second kappa shape index (κ2) is 6.85. The van der Waals surface area contributed by atoms with Gasteiger partial charge < -0.3 is 20.0 Å². The molecule has 0 fully saturated rings. The van der Waals surface area contributed by atoms with E-state index in [1.165, 1.54) is 10.9 Å². The Bertz CT molecular complexity index is 731. The number of para-hydroxylation sites is 1. The Morgan fingerprint density at radius 2 is 2.09 bits per heavy atom. The van der Waals surface area contributed by atoms with Crippen molar-refractivity contribution in [3.63, 3.8) is 0 Å². The highest BCUT2D eigenvalue weighted by Crippen LogP contribution is 2.18. The Kier molecular flexibility index (Phi) is 4.44. The number of urea groups is 1. The summed E-state index contributed by atoms with van der Waals surface area (Å²) in [7, 11) is 0. The van der Waals surface area contributed by atoms with E-state index >= 15 is 0 Å². The fourth-order valence-electron chi connectivity index (χ4n) is 2.46. The van der Waals surface area contributed by atoms with Gasteiger partial charge in [0.05, 0.1) is 12.5 Å². The number of aromatic amines is 1. The minimum atomic E-state index is -0.153. The normalized spacial score (nSPS) is 10.7. The number of hydrogen-bond acceptors (Lipinski definition) is 2. The molecule has 1 aromatic carbocycles. The highest BCUT2D eigenvalue weighted by Gasteiger charge is 2.04. The topological polar surface area (TPSA) is 70.1 Å². The van der Waals surface area contributed by atoms with E-state index in [4.69, 9.17) is 4.42 Å². The lowest BCUT2D eigenvalue weighted by Crippen LogP contribution is -2.35. The molecule has 5 nitrogen and oxygen atoms in total. The second-order valence-electron chi connectivity index (χ2n) is 5.20. The molecule has 0 radical (unpaired) electrons. The first-order valence-corrected chi connectivity index (χ1v) is 7.41. The molecular formula is C17H19N3O2. The van der Waals surface area contributed by atoms with Crippen LogP contribution >= 0.6 is 0 Å². The summed E-state index contributed by atoms with van der Waals surface area (Å²) in [5.41, 5.74) is 3.40. The molecule has 0 saturated carbocycles. The summed E-state index contributed by atoms with van der Waals surface area (Å²) >= 11 is 0. The number of carbonyl (C=O) groups is 1. The summed E-state index contributed by atoms with van der Waals surface area (Å²) in [5.74, 6) is 0. The Hall–Kier alpha value is -2.69. The van der Waals surface area contributed by atoms with Crippen LogP contribution < -0.4 is 10.6 Å². The minimum Gasteiger partial charge on any atom is -0.472 e. The standard InChI is InChI=1S/C17H19N3O2/c21-17(20-10-13-7-9-22-12-13)18-8-3-4-14-11-19-16-6-2-1-5-15(14)16/h1-2,5-7,9,11-12,19H,3-4,8,10H2,(H2,18,20,21). The van der Waals surface area contributed by atoms with Gasteiger partial charge in [0.25, 0.3) is 0 Å². The van der Waals surface area contributed by atoms with E-state index in [9.17, 15) is 4.79 Å². The van der Waals surface area contributed by atoms with E-state index in [1.54, 1.807) is 12.5 Å². The molecule has 114 valence electrons. The molecule has 0 saturated heterocycles.